The van der Waals surface area contributed by atoms with Gasteiger partial charge in [0.15, 0.2) is 0 Å². The number of nitrogens with one attached hydrogen (secondary N) is 1. The van der Waals surface area contributed by atoms with Crippen LogP contribution in [0.25, 0.3) is 10.9 Å². The van der Waals surface area contributed by atoms with Crippen LogP contribution in [-0.4, -0.2) is 30.1 Å². The van der Waals surface area contributed by atoms with Gasteiger partial charge in [-0.15, -0.1) is 0 Å². The van der Waals surface area contributed by atoms with Crippen LogP contribution in [-0.2, 0) is 9.59 Å². The van der Waals surface area contributed by atoms with E-state index in [1.54, 1.807) is 6.26 Å². The number of hydrogen-bond acceptors (Lipinski definition) is 5. The maximum atomic E-state index is 12.4. The van der Waals surface area contributed by atoms with E-state index in [1.165, 1.54) is 11.1 Å². The molecule has 6 heteroatoms. The van der Waals surface area contributed by atoms with Gasteiger partial charge >= 0.3 is 0 Å². The lowest BCUT2D eigenvalue weighted by atomic mass is 9.81. The van der Waals surface area contributed by atoms with Gasteiger partial charge in [-0.1, -0.05) is 29.4 Å². The first-order valence-electron chi connectivity index (χ1n) is 10.6. The average Bonchev–Trinajstić information content (AvgIpc) is 3.24. The Morgan fingerprint density at radius 1 is 1.03 bits per heavy atom. The molecule has 2 aromatic carbocycles. The van der Waals surface area contributed by atoms with Crippen molar-refractivity contribution < 1.29 is 14.1 Å². The first kappa shape index (κ1) is 18.9. The van der Waals surface area contributed by atoms with Gasteiger partial charge in [0.2, 0.25) is 11.8 Å². The molecule has 0 bridgehead atoms. The lowest BCUT2D eigenvalue weighted by Crippen LogP contribution is -2.39. The van der Waals surface area contributed by atoms with Gasteiger partial charge in [-0.3, -0.25) is 14.9 Å². The molecule has 2 saturated heterocycles. The SMILES string of the molecule is Cc1c(C2CCN(c3cccc4conc34)CC2)cccc1C1CCC(=O)NC1=O. The maximum Gasteiger partial charge on any atom is 0.234 e. The van der Waals surface area contributed by atoms with Gasteiger partial charge < -0.3 is 9.42 Å². The molecule has 1 aromatic heterocycles. The highest BCUT2D eigenvalue weighted by atomic mass is 16.5. The number of fused-ring (bicyclic) bond motifs is 1. The molecule has 2 aliphatic rings. The minimum atomic E-state index is -0.229. The first-order valence-corrected chi connectivity index (χ1v) is 10.6. The van der Waals surface area contributed by atoms with E-state index in [4.69, 9.17) is 4.52 Å². The van der Waals surface area contributed by atoms with E-state index in [0.29, 0.717) is 18.8 Å². The highest BCUT2D eigenvalue weighted by Gasteiger charge is 2.31. The number of nitrogens with zero attached hydrogens (tertiary/aromatic N) is 2. The first-order chi connectivity index (χ1) is 14.6. The normalized spacial score (nSPS) is 20.6. The van der Waals surface area contributed by atoms with Crippen molar-refractivity contribution in [1.82, 2.24) is 10.5 Å². The molecule has 5 rings (SSSR count). The highest BCUT2D eigenvalue weighted by molar-refractivity contribution is 6.01. The van der Waals surface area contributed by atoms with Crippen LogP contribution >= 0.6 is 0 Å². The Hall–Kier alpha value is -3.15. The molecule has 0 radical (unpaired) electrons. The number of rotatable bonds is 3. The number of aromatic nitrogens is 1. The third-order valence-electron chi connectivity index (χ3n) is 6.68. The molecule has 3 aromatic rings. The summed E-state index contributed by atoms with van der Waals surface area (Å²) in [5.41, 5.74) is 5.65. The zero-order chi connectivity index (χ0) is 20.7. The van der Waals surface area contributed by atoms with E-state index in [1.807, 2.05) is 12.1 Å². The predicted molar refractivity (Wildman–Crippen MR) is 115 cm³/mol. The van der Waals surface area contributed by atoms with Crippen LogP contribution in [0.2, 0.25) is 0 Å². The Kier molecular flexibility index (Phi) is 4.77. The molecule has 30 heavy (non-hydrogen) atoms. The maximum absolute atomic E-state index is 12.4. The Morgan fingerprint density at radius 3 is 2.60 bits per heavy atom. The summed E-state index contributed by atoms with van der Waals surface area (Å²) in [6.45, 7) is 4.04. The monoisotopic (exact) mass is 403 g/mol. The summed E-state index contributed by atoms with van der Waals surface area (Å²) < 4.78 is 5.16. The lowest BCUT2D eigenvalue weighted by Gasteiger charge is -2.35. The summed E-state index contributed by atoms with van der Waals surface area (Å²) in [4.78, 5) is 26.3. The second kappa shape index (κ2) is 7.59. The number of benzene rings is 2. The third kappa shape index (κ3) is 3.26. The van der Waals surface area contributed by atoms with Gasteiger partial charge in [-0.05, 0) is 60.9 Å². The molecule has 0 spiro atoms. The Labute approximate surface area is 175 Å². The molecule has 154 valence electrons. The van der Waals surface area contributed by atoms with Crippen LogP contribution in [0.3, 0.4) is 0 Å². The van der Waals surface area contributed by atoms with Crippen molar-refractivity contribution in [3.63, 3.8) is 0 Å². The zero-order valence-corrected chi connectivity index (χ0v) is 17.1. The molecule has 0 saturated carbocycles. The van der Waals surface area contributed by atoms with E-state index in [-0.39, 0.29) is 17.7 Å². The molecule has 2 fully saturated rings. The molecule has 3 heterocycles. The Bertz CT molecular complexity index is 1110. The third-order valence-corrected chi connectivity index (χ3v) is 6.68. The number of hydrogen-bond donors (Lipinski definition) is 1. The van der Waals surface area contributed by atoms with Gasteiger partial charge in [-0.2, -0.15) is 0 Å². The number of amides is 2. The number of anilines is 1. The van der Waals surface area contributed by atoms with Crippen molar-refractivity contribution in [1.29, 1.82) is 0 Å². The van der Waals surface area contributed by atoms with Crippen molar-refractivity contribution in [2.75, 3.05) is 18.0 Å². The second-order valence-corrected chi connectivity index (χ2v) is 8.36. The minimum Gasteiger partial charge on any atom is -0.370 e. The van der Waals surface area contributed by atoms with Gasteiger partial charge in [0, 0.05) is 24.9 Å². The lowest BCUT2D eigenvalue weighted by molar-refractivity contribution is -0.134. The fourth-order valence-electron chi connectivity index (χ4n) is 5.05. The molecule has 6 nitrogen and oxygen atoms in total. The van der Waals surface area contributed by atoms with Crippen molar-refractivity contribution in [2.45, 2.75) is 44.4 Å². The average molecular weight is 403 g/mol. The standard InChI is InChI=1S/C24H25N3O3/c1-15-18(5-3-6-19(15)20-8-9-22(28)25-24(20)29)16-10-12-27(13-11-16)21-7-2-4-17-14-30-26-23(17)21/h2-7,14,16,20H,8-13H2,1H3,(H,25,28,29). The van der Waals surface area contributed by atoms with Crippen molar-refractivity contribution >= 4 is 28.4 Å². The summed E-state index contributed by atoms with van der Waals surface area (Å²) in [5.74, 6) is -0.0971. The van der Waals surface area contributed by atoms with Crippen LogP contribution in [0.1, 0.15) is 54.2 Å². The van der Waals surface area contributed by atoms with Crippen LogP contribution in [0.5, 0.6) is 0 Å². The quantitative estimate of drug-likeness (QED) is 0.668. The Morgan fingerprint density at radius 2 is 1.80 bits per heavy atom. The number of imide groups is 1. The summed E-state index contributed by atoms with van der Waals surface area (Å²) >= 11 is 0. The smallest absolute Gasteiger partial charge is 0.234 e. The predicted octanol–water partition coefficient (Wildman–Crippen LogP) is 4.04. The molecule has 1 unspecified atom stereocenters. The van der Waals surface area contributed by atoms with Crippen LogP contribution < -0.4 is 10.2 Å². The highest BCUT2D eigenvalue weighted by Crippen LogP contribution is 2.37. The van der Waals surface area contributed by atoms with Crippen LogP contribution in [0, 0.1) is 6.92 Å². The van der Waals surface area contributed by atoms with E-state index in [0.717, 1.165) is 48.1 Å². The minimum absolute atomic E-state index is 0.165. The van der Waals surface area contributed by atoms with E-state index >= 15 is 0 Å². The van der Waals surface area contributed by atoms with Crippen LogP contribution in [0.15, 0.2) is 47.2 Å². The van der Waals surface area contributed by atoms with Crippen molar-refractivity contribution in [3.8, 4) is 0 Å². The van der Waals surface area contributed by atoms with Crippen molar-refractivity contribution in [2.24, 2.45) is 0 Å². The largest absolute Gasteiger partial charge is 0.370 e. The fraction of sp³-hybridized carbons (Fsp3) is 0.375. The molecule has 2 aliphatic heterocycles. The molecule has 1 N–H and O–H groups in total. The summed E-state index contributed by atoms with van der Waals surface area (Å²) in [7, 11) is 0. The molecule has 1 atom stereocenters. The number of carbonyl (C=O) groups is 2. The molecule has 2 amide bonds. The zero-order valence-electron chi connectivity index (χ0n) is 17.1. The van der Waals surface area contributed by atoms with E-state index in [2.05, 4.69) is 46.6 Å². The van der Waals surface area contributed by atoms with Crippen molar-refractivity contribution in [3.05, 3.63) is 59.4 Å². The Balaban J connectivity index is 1.35. The number of carbonyl (C=O) groups excluding carboxylic acids is 2. The second-order valence-electron chi connectivity index (χ2n) is 8.36. The summed E-state index contributed by atoms with van der Waals surface area (Å²) in [6, 6.07) is 12.5. The molecular formula is C24H25N3O3. The summed E-state index contributed by atoms with van der Waals surface area (Å²) in [6.07, 6.45) is 4.79. The summed E-state index contributed by atoms with van der Waals surface area (Å²) in [5, 5.41) is 7.70. The van der Waals surface area contributed by atoms with Gasteiger partial charge in [0.25, 0.3) is 0 Å². The fourth-order valence-corrected chi connectivity index (χ4v) is 5.05. The number of piperidine rings is 2. The van der Waals surface area contributed by atoms with E-state index < -0.39 is 0 Å². The van der Waals surface area contributed by atoms with Gasteiger partial charge in [0.1, 0.15) is 11.8 Å². The van der Waals surface area contributed by atoms with Crippen LogP contribution in [0.4, 0.5) is 5.69 Å². The molecular weight excluding hydrogens is 378 g/mol. The van der Waals surface area contributed by atoms with E-state index in [9.17, 15) is 9.59 Å². The molecule has 0 aliphatic carbocycles. The topological polar surface area (TPSA) is 75.4 Å². The van der Waals surface area contributed by atoms with Gasteiger partial charge in [0.05, 0.1) is 11.6 Å². The van der Waals surface area contributed by atoms with Gasteiger partial charge in [-0.25, -0.2) is 0 Å².